The fraction of sp³-hybridized carbons (Fsp3) is 0.643. The van der Waals surface area contributed by atoms with Gasteiger partial charge in [-0.05, 0) is 32.2 Å². The highest BCUT2D eigenvalue weighted by Gasteiger charge is 2.28. The summed E-state index contributed by atoms with van der Waals surface area (Å²) in [4.78, 5) is 44.9. The van der Waals surface area contributed by atoms with Crippen molar-refractivity contribution in [1.29, 1.82) is 0 Å². The Bertz CT molecular complexity index is 454. The van der Waals surface area contributed by atoms with Crippen molar-refractivity contribution >= 4 is 17.8 Å². The standard InChI is InChI=1S/C14H21NO6/c1-5-7-14(3,4)20-21-19-12(17)6-8-15-11(16)9-10(2)13(15)18/h9H,5-8H2,1-4H3. The molecule has 0 unspecified atom stereocenters. The lowest BCUT2D eigenvalue weighted by Crippen LogP contribution is -2.33. The minimum Gasteiger partial charge on any atom is -0.275 e. The maximum atomic E-state index is 11.6. The second kappa shape index (κ2) is 7.33. The van der Waals surface area contributed by atoms with Crippen LogP contribution < -0.4 is 0 Å². The molecule has 0 bridgehead atoms. The summed E-state index contributed by atoms with van der Waals surface area (Å²) < 4.78 is 0. The number of hydrogen-bond donors (Lipinski definition) is 0. The number of hydrogen-bond acceptors (Lipinski definition) is 6. The second-order valence-electron chi connectivity index (χ2n) is 5.49. The van der Waals surface area contributed by atoms with E-state index in [-0.39, 0.29) is 13.0 Å². The largest absolute Gasteiger partial charge is 0.347 e. The van der Waals surface area contributed by atoms with E-state index in [0.29, 0.717) is 5.57 Å². The number of amides is 2. The number of imide groups is 1. The second-order valence-corrected chi connectivity index (χ2v) is 5.49. The Balaban J connectivity index is 2.27. The molecule has 0 spiro atoms. The summed E-state index contributed by atoms with van der Waals surface area (Å²) in [6.07, 6.45) is 2.72. The summed E-state index contributed by atoms with van der Waals surface area (Å²) in [7, 11) is 0. The Kier molecular flexibility index (Phi) is 6.04. The van der Waals surface area contributed by atoms with Crippen LogP contribution in [-0.2, 0) is 29.2 Å². The van der Waals surface area contributed by atoms with Crippen LogP contribution in [0.5, 0.6) is 0 Å². The van der Waals surface area contributed by atoms with Crippen LogP contribution in [0.1, 0.15) is 47.0 Å². The van der Waals surface area contributed by atoms with E-state index in [9.17, 15) is 14.4 Å². The predicted octanol–water partition coefficient (Wildman–Crippen LogP) is 1.68. The van der Waals surface area contributed by atoms with Crippen LogP contribution in [0.3, 0.4) is 0 Å². The first-order valence-corrected chi connectivity index (χ1v) is 6.86. The lowest BCUT2D eigenvalue weighted by Gasteiger charge is -2.21. The molecule has 2 amide bonds. The van der Waals surface area contributed by atoms with E-state index in [0.717, 1.165) is 17.7 Å². The topological polar surface area (TPSA) is 82.1 Å². The van der Waals surface area contributed by atoms with E-state index in [1.165, 1.54) is 6.08 Å². The molecule has 1 rings (SSSR count). The summed E-state index contributed by atoms with van der Waals surface area (Å²) in [6, 6.07) is 0. The molecule has 7 nitrogen and oxygen atoms in total. The summed E-state index contributed by atoms with van der Waals surface area (Å²) in [6.45, 7) is 7.11. The number of rotatable bonds is 8. The highest BCUT2D eigenvalue weighted by Crippen LogP contribution is 2.17. The van der Waals surface area contributed by atoms with Crippen molar-refractivity contribution < 1.29 is 29.2 Å². The first-order chi connectivity index (χ1) is 9.76. The van der Waals surface area contributed by atoms with Gasteiger partial charge in [0.1, 0.15) is 5.60 Å². The summed E-state index contributed by atoms with van der Waals surface area (Å²) >= 11 is 0. The molecular formula is C14H21NO6. The van der Waals surface area contributed by atoms with E-state index in [1.807, 2.05) is 6.92 Å². The van der Waals surface area contributed by atoms with Gasteiger partial charge in [0.25, 0.3) is 11.8 Å². The third kappa shape index (κ3) is 5.28. The number of carbonyl (C=O) groups is 3. The van der Waals surface area contributed by atoms with Gasteiger partial charge in [-0.1, -0.05) is 13.3 Å². The quantitative estimate of drug-likeness (QED) is 0.385. The lowest BCUT2D eigenvalue weighted by molar-refractivity contribution is -0.517. The molecule has 0 N–H and O–H groups in total. The van der Waals surface area contributed by atoms with Crippen molar-refractivity contribution in [3.8, 4) is 0 Å². The molecule has 0 radical (unpaired) electrons. The van der Waals surface area contributed by atoms with Gasteiger partial charge in [0.2, 0.25) is 0 Å². The average molecular weight is 299 g/mol. The van der Waals surface area contributed by atoms with E-state index in [1.54, 1.807) is 20.8 Å². The van der Waals surface area contributed by atoms with Crippen LogP contribution in [0.2, 0.25) is 0 Å². The Labute approximate surface area is 123 Å². The maximum absolute atomic E-state index is 11.6. The van der Waals surface area contributed by atoms with Crippen LogP contribution in [0, 0.1) is 0 Å². The molecule has 0 atom stereocenters. The van der Waals surface area contributed by atoms with Crippen molar-refractivity contribution in [2.45, 2.75) is 52.6 Å². The van der Waals surface area contributed by atoms with Crippen LogP contribution in [0.15, 0.2) is 11.6 Å². The smallest absolute Gasteiger partial charge is 0.275 e. The van der Waals surface area contributed by atoms with Gasteiger partial charge in [-0.25, -0.2) is 4.79 Å². The first kappa shape index (κ1) is 17.3. The highest BCUT2D eigenvalue weighted by molar-refractivity contribution is 6.15. The van der Waals surface area contributed by atoms with Crippen molar-refractivity contribution in [3.63, 3.8) is 0 Å². The molecule has 1 aliphatic heterocycles. The van der Waals surface area contributed by atoms with E-state index >= 15 is 0 Å². The van der Waals surface area contributed by atoms with Crippen LogP contribution in [-0.4, -0.2) is 34.8 Å². The lowest BCUT2D eigenvalue weighted by atomic mass is 10.0. The Morgan fingerprint density at radius 3 is 2.52 bits per heavy atom. The SMILES string of the molecule is CCCC(C)(C)OOOC(=O)CCN1C(=O)C=C(C)C1=O. The molecule has 7 heteroatoms. The van der Waals surface area contributed by atoms with Crippen LogP contribution in [0.25, 0.3) is 0 Å². The van der Waals surface area contributed by atoms with Gasteiger partial charge in [0.05, 0.1) is 6.42 Å². The van der Waals surface area contributed by atoms with Crippen molar-refractivity contribution in [1.82, 2.24) is 4.90 Å². The molecule has 0 fully saturated rings. The van der Waals surface area contributed by atoms with E-state index in [2.05, 4.69) is 9.93 Å². The summed E-state index contributed by atoms with van der Waals surface area (Å²) in [5.74, 6) is -1.53. The number of carbonyl (C=O) groups excluding carboxylic acids is 3. The van der Waals surface area contributed by atoms with Crippen molar-refractivity contribution in [3.05, 3.63) is 11.6 Å². The fourth-order valence-electron chi connectivity index (χ4n) is 1.89. The molecule has 1 aliphatic rings. The van der Waals surface area contributed by atoms with Gasteiger partial charge in [-0.2, -0.15) is 4.89 Å². The third-order valence-electron chi connectivity index (χ3n) is 2.97. The van der Waals surface area contributed by atoms with Crippen LogP contribution >= 0.6 is 0 Å². The Hall–Kier alpha value is -1.73. The molecule has 21 heavy (non-hydrogen) atoms. The molecule has 0 aromatic rings. The minimum absolute atomic E-state index is 0.0496. The van der Waals surface area contributed by atoms with Crippen molar-refractivity contribution in [2.75, 3.05) is 6.54 Å². The normalized spacial score (nSPS) is 15.4. The molecule has 0 aromatic heterocycles. The number of nitrogens with zero attached hydrogens (tertiary/aromatic N) is 1. The van der Waals surface area contributed by atoms with Crippen molar-refractivity contribution in [2.24, 2.45) is 0 Å². The molecule has 0 saturated heterocycles. The molecule has 0 aromatic carbocycles. The monoisotopic (exact) mass is 299 g/mol. The molecule has 0 saturated carbocycles. The zero-order valence-corrected chi connectivity index (χ0v) is 12.8. The molecular weight excluding hydrogens is 278 g/mol. The van der Waals surface area contributed by atoms with Crippen LogP contribution in [0.4, 0.5) is 0 Å². The summed E-state index contributed by atoms with van der Waals surface area (Å²) in [5.41, 5.74) is -0.203. The predicted molar refractivity (Wildman–Crippen MR) is 72.3 cm³/mol. The van der Waals surface area contributed by atoms with Gasteiger partial charge < -0.3 is 0 Å². The van der Waals surface area contributed by atoms with Gasteiger partial charge in [0.15, 0.2) is 0 Å². The molecule has 0 aliphatic carbocycles. The van der Waals surface area contributed by atoms with Gasteiger partial charge in [0, 0.05) is 18.2 Å². The minimum atomic E-state index is -0.715. The zero-order valence-electron chi connectivity index (χ0n) is 12.8. The van der Waals surface area contributed by atoms with E-state index in [4.69, 9.17) is 4.89 Å². The average Bonchev–Trinajstić information content (AvgIpc) is 2.61. The Morgan fingerprint density at radius 2 is 2.00 bits per heavy atom. The van der Waals surface area contributed by atoms with Gasteiger partial charge in [-0.15, -0.1) is 0 Å². The first-order valence-electron chi connectivity index (χ1n) is 6.86. The Morgan fingerprint density at radius 1 is 1.33 bits per heavy atom. The molecule has 1 heterocycles. The zero-order chi connectivity index (χ0) is 16.0. The van der Waals surface area contributed by atoms with Gasteiger partial charge >= 0.3 is 5.97 Å². The highest BCUT2D eigenvalue weighted by atomic mass is 17.5. The summed E-state index contributed by atoms with van der Waals surface area (Å²) in [5, 5.41) is 4.45. The third-order valence-corrected chi connectivity index (χ3v) is 2.97. The fourth-order valence-corrected chi connectivity index (χ4v) is 1.89. The maximum Gasteiger partial charge on any atom is 0.347 e. The van der Waals surface area contributed by atoms with Gasteiger partial charge in [-0.3, -0.25) is 19.4 Å². The van der Waals surface area contributed by atoms with E-state index < -0.39 is 23.4 Å². The molecule has 118 valence electrons.